The maximum absolute atomic E-state index is 12.9. The Morgan fingerprint density at radius 1 is 1.26 bits per heavy atom. The second-order valence-corrected chi connectivity index (χ2v) is 4.32. The molecule has 0 saturated heterocycles. The summed E-state index contributed by atoms with van der Waals surface area (Å²) in [5.74, 6) is -0.325. The van der Waals surface area contributed by atoms with Gasteiger partial charge in [-0.25, -0.2) is 4.39 Å². The van der Waals surface area contributed by atoms with E-state index in [0.29, 0.717) is 16.3 Å². The van der Waals surface area contributed by atoms with Crippen LogP contribution in [0.15, 0.2) is 36.4 Å². The Bertz CT molecular complexity index is 643. The van der Waals surface area contributed by atoms with Gasteiger partial charge in [-0.2, -0.15) is 0 Å². The van der Waals surface area contributed by atoms with Gasteiger partial charge in [0.25, 0.3) is 0 Å². The maximum Gasteiger partial charge on any atom is 0.195 e. The summed E-state index contributed by atoms with van der Waals surface area (Å²) in [6, 6.07) is 8.31. The Balaban J connectivity index is 2.41. The maximum atomic E-state index is 12.9. The van der Waals surface area contributed by atoms with Crippen molar-refractivity contribution < 1.29 is 13.9 Å². The third-order valence-corrected chi connectivity index (χ3v) is 2.97. The molecule has 2 aromatic carbocycles. The van der Waals surface area contributed by atoms with Crippen LogP contribution in [-0.2, 0) is 0 Å². The molecule has 0 radical (unpaired) electrons. The fraction of sp³-hybridized carbons (Fsp3) is 0.0714. The molecule has 0 atom stereocenters. The molecule has 0 saturated carbocycles. The highest BCUT2D eigenvalue weighted by molar-refractivity contribution is 6.32. The van der Waals surface area contributed by atoms with Crippen LogP contribution in [0.1, 0.15) is 15.9 Å². The molecule has 5 heteroatoms. The van der Waals surface area contributed by atoms with E-state index in [4.69, 9.17) is 22.1 Å². The van der Waals surface area contributed by atoms with E-state index >= 15 is 0 Å². The summed E-state index contributed by atoms with van der Waals surface area (Å²) in [6.45, 7) is 0. The van der Waals surface area contributed by atoms with Crippen molar-refractivity contribution in [2.75, 3.05) is 12.8 Å². The number of ketones is 1. The lowest BCUT2D eigenvalue weighted by molar-refractivity contribution is 0.103. The lowest BCUT2D eigenvalue weighted by Gasteiger charge is -2.07. The highest BCUT2D eigenvalue weighted by Gasteiger charge is 2.14. The zero-order valence-electron chi connectivity index (χ0n) is 10.1. The number of carbonyl (C=O) groups is 1. The highest BCUT2D eigenvalue weighted by Crippen LogP contribution is 2.27. The van der Waals surface area contributed by atoms with Gasteiger partial charge in [-0.05, 0) is 36.4 Å². The molecule has 2 N–H and O–H groups in total. The molecule has 98 valence electrons. The highest BCUT2D eigenvalue weighted by atomic mass is 35.5. The number of hydrogen-bond acceptors (Lipinski definition) is 3. The summed E-state index contributed by atoms with van der Waals surface area (Å²) in [6.07, 6.45) is 0. The molecule has 0 aliphatic heterocycles. The molecule has 0 unspecified atom stereocenters. The first-order valence-electron chi connectivity index (χ1n) is 5.46. The van der Waals surface area contributed by atoms with Gasteiger partial charge in [-0.3, -0.25) is 4.79 Å². The van der Waals surface area contributed by atoms with Crippen LogP contribution in [0, 0.1) is 5.82 Å². The number of ether oxygens (including phenoxy) is 1. The van der Waals surface area contributed by atoms with E-state index < -0.39 is 5.82 Å². The Morgan fingerprint density at radius 3 is 2.58 bits per heavy atom. The summed E-state index contributed by atoms with van der Waals surface area (Å²) in [7, 11) is 1.49. The molecular weight excluding hydrogens is 269 g/mol. The number of nitrogen functional groups attached to an aromatic ring is 1. The smallest absolute Gasteiger partial charge is 0.195 e. The van der Waals surface area contributed by atoms with Crippen molar-refractivity contribution in [3.8, 4) is 5.75 Å². The molecule has 2 rings (SSSR count). The van der Waals surface area contributed by atoms with Crippen LogP contribution in [0.4, 0.5) is 10.1 Å². The van der Waals surface area contributed by atoms with Crippen molar-refractivity contribution in [2.24, 2.45) is 0 Å². The summed E-state index contributed by atoms with van der Waals surface area (Å²) >= 11 is 5.96. The van der Waals surface area contributed by atoms with Gasteiger partial charge in [0.2, 0.25) is 0 Å². The first-order chi connectivity index (χ1) is 9.02. The summed E-state index contributed by atoms with van der Waals surface area (Å²) in [4.78, 5) is 12.2. The molecule has 0 spiro atoms. The first-order valence-corrected chi connectivity index (χ1v) is 5.84. The Kier molecular flexibility index (Phi) is 3.71. The molecule has 0 aliphatic rings. The van der Waals surface area contributed by atoms with Gasteiger partial charge in [-0.1, -0.05) is 11.6 Å². The van der Waals surface area contributed by atoms with Crippen molar-refractivity contribution in [3.63, 3.8) is 0 Å². The molecule has 0 aromatic heterocycles. The molecule has 0 aliphatic carbocycles. The third-order valence-electron chi connectivity index (χ3n) is 2.67. The lowest BCUT2D eigenvalue weighted by atomic mass is 10.0. The van der Waals surface area contributed by atoms with Gasteiger partial charge in [-0.15, -0.1) is 0 Å². The number of halogens is 2. The average molecular weight is 280 g/mol. The zero-order chi connectivity index (χ0) is 14.0. The predicted molar refractivity (Wildman–Crippen MR) is 72.2 cm³/mol. The minimum absolute atomic E-state index is 0.0944. The van der Waals surface area contributed by atoms with Gasteiger partial charge in [0.1, 0.15) is 11.6 Å². The predicted octanol–water partition coefficient (Wildman–Crippen LogP) is 3.30. The largest absolute Gasteiger partial charge is 0.495 e. The molecule has 0 bridgehead atoms. The third kappa shape index (κ3) is 2.69. The molecule has 2 aromatic rings. The van der Waals surface area contributed by atoms with Crippen LogP contribution in [-0.4, -0.2) is 12.9 Å². The zero-order valence-corrected chi connectivity index (χ0v) is 10.9. The topological polar surface area (TPSA) is 52.3 Å². The number of carbonyl (C=O) groups excluding carboxylic acids is 1. The van der Waals surface area contributed by atoms with E-state index in [9.17, 15) is 9.18 Å². The Hall–Kier alpha value is -2.07. The number of methoxy groups -OCH3 is 1. The summed E-state index contributed by atoms with van der Waals surface area (Å²) < 4.78 is 18.0. The van der Waals surface area contributed by atoms with Crippen LogP contribution in [0.2, 0.25) is 5.02 Å². The van der Waals surface area contributed by atoms with E-state index in [1.807, 2.05) is 0 Å². The van der Waals surface area contributed by atoms with E-state index in [0.717, 1.165) is 6.07 Å². The van der Waals surface area contributed by atoms with Crippen LogP contribution in [0.5, 0.6) is 5.75 Å². The van der Waals surface area contributed by atoms with Gasteiger partial charge in [0, 0.05) is 16.8 Å². The monoisotopic (exact) mass is 279 g/mol. The SMILES string of the molecule is COc1ccc(C(=O)c2ccc(F)cc2N)cc1Cl. The molecule has 0 amide bonds. The number of benzene rings is 2. The molecule has 0 heterocycles. The van der Waals surface area contributed by atoms with Crippen LogP contribution >= 0.6 is 11.6 Å². The van der Waals surface area contributed by atoms with Crippen molar-refractivity contribution in [2.45, 2.75) is 0 Å². The van der Waals surface area contributed by atoms with Gasteiger partial charge < -0.3 is 10.5 Å². The molecule has 0 fully saturated rings. The van der Waals surface area contributed by atoms with Gasteiger partial charge >= 0.3 is 0 Å². The first kappa shape index (κ1) is 13.4. The van der Waals surface area contributed by atoms with Crippen LogP contribution in [0.25, 0.3) is 0 Å². The number of rotatable bonds is 3. The second-order valence-electron chi connectivity index (χ2n) is 3.91. The quantitative estimate of drug-likeness (QED) is 0.693. The van der Waals surface area contributed by atoms with Gasteiger partial charge in [0.15, 0.2) is 5.78 Å². The Morgan fingerprint density at radius 2 is 2.00 bits per heavy atom. The average Bonchev–Trinajstić information content (AvgIpc) is 2.38. The summed E-state index contributed by atoms with van der Waals surface area (Å²) in [5, 5.41) is 0.328. The van der Waals surface area contributed by atoms with E-state index in [1.54, 1.807) is 12.1 Å². The van der Waals surface area contributed by atoms with Crippen molar-refractivity contribution >= 4 is 23.1 Å². The van der Waals surface area contributed by atoms with E-state index in [-0.39, 0.29) is 17.0 Å². The molecule has 3 nitrogen and oxygen atoms in total. The molecular formula is C14H11ClFNO2. The number of anilines is 1. The van der Waals surface area contributed by atoms with Crippen molar-refractivity contribution in [1.29, 1.82) is 0 Å². The molecule has 19 heavy (non-hydrogen) atoms. The van der Waals surface area contributed by atoms with E-state index in [1.165, 1.54) is 25.3 Å². The lowest BCUT2D eigenvalue weighted by Crippen LogP contribution is -2.06. The van der Waals surface area contributed by atoms with Crippen molar-refractivity contribution in [3.05, 3.63) is 58.4 Å². The normalized spacial score (nSPS) is 10.3. The van der Waals surface area contributed by atoms with Crippen LogP contribution in [0.3, 0.4) is 0 Å². The fourth-order valence-electron chi connectivity index (χ4n) is 1.70. The van der Waals surface area contributed by atoms with Crippen LogP contribution < -0.4 is 10.5 Å². The Labute approximate surface area is 114 Å². The summed E-state index contributed by atoms with van der Waals surface area (Å²) in [5.41, 5.74) is 6.33. The van der Waals surface area contributed by atoms with Gasteiger partial charge in [0.05, 0.1) is 12.1 Å². The number of hydrogen-bond donors (Lipinski definition) is 1. The van der Waals surface area contributed by atoms with Crippen molar-refractivity contribution in [1.82, 2.24) is 0 Å². The minimum atomic E-state index is -0.484. The number of nitrogens with two attached hydrogens (primary N) is 1. The second kappa shape index (κ2) is 5.28. The van der Waals surface area contributed by atoms with E-state index in [2.05, 4.69) is 0 Å². The minimum Gasteiger partial charge on any atom is -0.495 e. The fourth-order valence-corrected chi connectivity index (χ4v) is 1.96. The standard InChI is InChI=1S/C14H11ClFNO2/c1-19-13-5-2-8(6-11(13)15)14(18)10-4-3-9(16)7-12(10)17/h2-7H,17H2,1H3.